The molecule has 0 amide bonds. The Balaban J connectivity index is -0.00000180. The molecule has 0 aliphatic heterocycles. The Labute approximate surface area is 141 Å². The molecule has 22 heavy (non-hydrogen) atoms. The Morgan fingerprint density at radius 1 is 0.500 bits per heavy atom. The first-order valence-electron chi connectivity index (χ1n) is 9.36. The summed E-state index contributed by atoms with van der Waals surface area (Å²) in [5, 5.41) is 0. The van der Waals surface area contributed by atoms with Crippen molar-refractivity contribution in [1.82, 2.24) is 6.15 Å². The van der Waals surface area contributed by atoms with Crippen LogP contribution in [-0.2, 0) is 0 Å². The molecule has 0 heterocycles. The predicted molar refractivity (Wildman–Crippen MR) is 102 cm³/mol. The number of rotatable bonds is 15. The van der Waals surface area contributed by atoms with Crippen molar-refractivity contribution in [2.75, 3.05) is 27.7 Å². The van der Waals surface area contributed by atoms with Crippen LogP contribution in [0.3, 0.4) is 0 Å². The van der Waals surface area contributed by atoms with Gasteiger partial charge in [0.15, 0.2) is 0 Å². The molecular formula is C19H47N2O+. The number of hydrogen-bond donors (Lipinski definition) is 1. The maximum Gasteiger partial charge on any atom is 0.0780 e. The van der Waals surface area contributed by atoms with Gasteiger partial charge in [-0.15, -0.1) is 0 Å². The van der Waals surface area contributed by atoms with Crippen molar-refractivity contribution < 1.29 is 9.96 Å². The van der Waals surface area contributed by atoms with Crippen molar-refractivity contribution in [2.24, 2.45) is 0 Å². The van der Waals surface area contributed by atoms with Crippen molar-refractivity contribution in [1.29, 1.82) is 0 Å². The van der Waals surface area contributed by atoms with Crippen LogP contribution >= 0.6 is 0 Å². The van der Waals surface area contributed by atoms with E-state index < -0.39 is 0 Å². The fourth-order valence-corrected chi connectivity index (χ4v) is 2.78. The standard InChI is InChI=1S/C19H42N.H3N.H2O/c1-5-6-7-8-9-10-11-12-13-14-15-16-17-18-19-20(2,3)4;;/h5-19H2,1-4H3;1H3;1H2/q+1;;. The van der Waals surface area contributed by atoms with Crippen molar-refractivity contribution in [2.45, 2.75) is 96.8 Å². The van der Waals surface area contributed by atoms with Crippen LogP contribution in [-0.4, -0.2) is 37.6 Å². The molecule has 138 valence electrons. The summed E-state index contributed by atoms with van der Waals surface area (Å²) in [5.41, 5.74) is 0. The molecule has 0 saturated carbocycles. The average molecular weight is 320 g/mol. The van der Waals surface area contributed by atoms with Crippen LogP contribution in [0.15, 0.2) is 0 Å². The Morgan fingerprint density at radius 3 is 1.05 bits per heavy atom. The van der Waals surface area contributed by atoms with Gasteiger partial charge in [-0.1, -0.05) is 84.0 Å². The van der Waals surface area contributed by atoms with E-state index in [1.54, 1.807) is 0 Å². The van der Waals surface area contributed by atoms with Crippen molar-refractivity contribution in [3.8, 4) is 0 Å². The largest absolute Gasteiger partial charge is 0.412 e. The molecule has 0 unspecified atom stereocenters. The summed E-state index contributed by atoms with van der Waals surface area (Å²) in [6, 6.07) is 0. The second-order valence-electron chi connectivity index (χ2n) is 7.61. The molecular weight excluding hydrogens is 272 g/mol. The maximum atomic E-state index is 2.29. The van der Waals surface area contributed by atoms with Crippen LogP contribution in [0.25, 0.3) is 0 Å². The molecule has 0 aliphatic carbocycles. The Bertz CT molecular complexity index is 190. The van der Waals surface area contributed by atoms with Gasteiger partial charge < -0.3 is 16.1 Å². The van der Waals surface area contributed by atoms with E-state index in [0.29, 0.717) is 0 Å². The van der Waals surface area contributed by atoms with Crippen LogP contribution in [0.4, 0.5) is 0 Å². The zero-order chi connectivity index (χ0) is 15.1. The van der Waals surface area contributed by atoms with E-state index >= 15 is 0 Å². The van der Waals surface area contributed by atoms with Crippen LogP contribution in [0, 0.1) is 0 Å². The van der Waals surface area contributed by atoms with Crippen molar-refractivity contribution in [3.63, 3.8) is 0 Å². The van der Waals surface area contributed by atoms with Gasteiger partial charge in [0, 0.05) is 0 Å². The number of unbranched alkanes of at least 4 members (excludes halogenated alkanes) is 13. The predicted octanol–water partition coefficient (Wildman–Crippen LogP) is 5.51. The topological polar surface area (TPSA) is 66.5 Å². The van der Waals surface area contributed by atoms with Gasteiger partial charge in [0.1, 0.15) is 0 Å². The number of nitrogens with zero attached hydrogens (tertiary/aromatic N) is 1. The molecule has 0 atom stereocenters. The lowest BCUT2D eigenvalue weighted by Gasteiger charge is -2.23. The first-order valence-corrected chi connectivity index (χ1v) is 9.36. The normalized spacial score (nSPS) is 10.9. The van der Waals surface area contributed by atoms with E-state index in [1.807, 2.05) is 0 Å². The molecule has 0 aliphatic rings. The lowest BCUT2D eigenvalue weighted by molar-refractivity contribution is -0.870. The maximum absolute atomic E-state index is 2.29. The molecule has 0 rings (SSSR count). The van der Waals surface area contributed by atoms with E-state index in [-0.39, 0.29) is 11.6 Å². The quantitative estimate of drug-likeness (QED) is 0.314. The van der Waals surface area contributed by atoms with E-state index in [2.05, 4.69) is 28.1 Å². The van der Waals surface area contributed by atoms with E-state index in [9.17, 15) is 0 Å². The van der Waals surface area contributed by atoms with Crippen LogP contribution < -0.4 is 6.15 Å². The molecule has 3 nitrogen and oxygen atoms in total. The first-order chi connectivity index (χ1) is 9.56. The summed E-state index contributed by atoms with van der Waals surface area (Å²) < 4.78 is 1.12. The highest BCUT2D eigenvalue weighted by atomic mass is 16.0. The summed E-state index contributed by atoms with van der Waals surface area (Å²) in [6.07, 6.45) is 20.4. The third-order valence-electron chi connectivity index (χ3n) is 4.18. The summed E-state index contributed by atoms with van der Waals surface area (Å²) >= 11 is 0. The molecule has 0 aromatic heterocycles. The fraction of sp³-hybridized carbons (Fsp3) is 1.00. The zero-order valence-corrected chi connectivity index (χ0v) is 16.3. The Hall–Kier alpha value is -0.120. The van der Waals surface area contributed by atoms with E-state index in [1.165, 1.54) is 96.4 Å². The van der Waals surface area contributed by atoms with Gasteiger partial charge >= 0.3 is 0 Å². The minimum Gasteiger partial charge on any atom is -0.412 e. The molecule has 0 aromatic rings. The summed E-state index contributed by atoms with van der Waals surface area (Å²) in [5.74, 6) is 0. The zero-order valence-electron chi connectivity index (χ0n) is 16.3. The summed E-state index contributed by atoms with van der Waals surface area (Å²) in [6.45, 7) is 3.63. The third-order valence-corrected chi connectivity index (χ3v) is 4.18. The van der Waals surface area contributed by atoms with Crippen molar-refractivity contribution >= 4 is 0 Å². The lowest BCUT2D eigenvalue weighted by Crippen LogP contribution is -2.35. The molecule has 0 radical (unpaired) electrons. The summed E-state index contributed by atoms with van der Waals surface area (Å²) in [7, 11) is 6.88. The van der Waals surface area contributed by atoms with Gasteiger partial charge in [0.05, 0.1) is 27.7 Å². The van der Waals surface area contributed by atoms with Crippen LogP contribution in [0.2, 0.25) is 0 Å². The Kier molecular flexibility index (Phi) is 23.0. The van der Waals surface area contributed by atoms with Crippen molar-refractivity contribution in [3.05, 3.63) is 0 Å². The second-order valence-corrected chi connectivity index (χ2v) is 7.61. The summed E-state index contributed by atoms with van der Waals surface area (Å²) in [4.78, 5) is 0. The minimum atomic E-state index is 0. The monoisotopic (exact) mass is 319 g/mol. The molecule has 0 fully saturated rings. The first kappa shape index (κ1) is 26.8. The number of hydrogen-bond acceptors (Lipinski definition) is 1. The van der Waals surface area contributed by atoms with Gasteiger partial charge in [-0.2, -0.15) is 0 Å². The number of quaternary nitrogens is 1. The van der Waals surface area contributed by atoms with Crippen LogP contribution in [0.1, 0.15) is 96.8 Å². The van der Waals surface area contributed by atoms with Gasteiger partial charge in [0.25, 0.3) is 0 Å². The SMILES string of the molecule is CCCCCCCCCCCCCCCC[N+](C)(C)C.N.O. The minimum absolute atomic E-state index is 0. The molecule has 0 bridgehead atoms. The lowest BCUT2D eigenvalue weighted by atomic mass is 10.0. The molecule has 0 spiro atoms. The average Bonchev–Trinajstić information content (AvgIpc) is 2.38. The Morgan fingerprint density at radius 2 is 0.773 bits per heavy atom. The van der Waals surface area contributed by atoms with Gasteiger partial charge in [0.2, 0.25) is 0 Å². The van der Waals surface area contributed by atoms with E-state index in [0.717, 1.165) is 4.48 Å². The fourth-order valence-electron chi connectivity index (χ4n) is 2.78. The van der Waals surface area contributed by atoms with Gasteiger partial charge in [-0.3, -0.25) is 0 Å². The van der Waals surface area contributed by atoms with Gasteiger partial charge in [-0.25, -0.2) is 0 Å². The smallest absolute Gasteiger partial charge is 0.0780 e. The molecule has 3 heteroatoms. The third kappa shape index (κ3) is 24.9. The highest BCUT2D eigenvalue weighted by molar-refractivity contribution is 4.49. The second kappa shape index (κ2) is 18.9. The highest BCUT2D eigenvalue weighted by Crippen LogP contribution is 2.13. The molecule has 0 saturated heterocycles. The van der Waals surface area contributed by atoms with Gasteiger partial charge in [-0.05, 0) is 12.8 Å². The molecule has 0 aromatic carbocycles. The van der Waals surface area contributed by atoms with E-state index in [4.69, 9.17) is 0 Å². The van der Waals surface area contributed by atoms with Crippen LogP contribution in [0.5, 0.6) is 0 Å². The highest BCUT2D eigenvalue weighted by Gasteiger charge is 2.04. The molecule has 5 N–H and O–H groups in total.